The molecule has 25 heavy (non-hydrogen) atoms. The fraction of sp³-hybridized carbons (Fsp3) is 0.348. The first-order chi connectivity index (χ1) is 12.0. The largest absolute Gasteiger partial charge is 0.398 e. The van der Waals surface area contributed by atoms with Gasteiger partial charge in [-0.05, 0) is 54.0 Å². The Kier molecular flexibility index (Phi) is 9.31. The van der Waals surface area contributed by atoms with Crippen LogP contribution in [-0.2, 0) is 0 Å². The number of hydrogen-bond donors (Lipinski definition) is 2. The molecule has 0 heterocycles. The molecule has 0 fully saturated rings. The smallest absolute Gasteiger partial charge is 0.0396 e. The molecular formula is C23H32N2. The van der Waals surface area contributed by atoms with Gasteiger partial charge < -0.3 is 11.1 Å². The molecule has 0 saturated heterocycles. The minimum absolute atomic E-state index is 0.513. The van der Waals surface area contributed by atoms with E-state index in [0.29, 0.717) is 17.2 Å². The van der Waals surface area contributed by atoms with Gasteiger partial charge in [0, 0.05) is 11.9 Å². The Morgan fingerprint density at radius 1 is 1.12 bits per heavy atom. The van der Waals surface area contributed by atoms with Crippen LogP contribution in [0.1, 0.15) is 63.5 Å². The molecule has 1 rings (SSSR count). The fourth-order valence-corrected chi connectivity index (χ4v) is 2.89. The number of nitrogens with one attached hydrogen (secondary N) is 1. The van der Waals surface area contributed by atoms with Gasteiger partial charge in [-0.1, -0.05) is 75.8 Å². The van der Waals surface area contributed by atoms with E-state index in [1.807, 2.05) is 12.2 Å². The average Bonchev–Trinajstić information content (AvgIpc) is 2.61. The number of allylic oxidation sites excluding steroid dienone is 5. The minimum Gasteiger partial charge on any atom is -0.398 e. The third kappa shape index (κ3) is 6.96. The molecule has 0 unspecified atom stereocenters. The molecule has 0 spiro atoms. The summed E-state index contributed by atoms with van der Waals surface area (Å²) in [5.74, 6) is 0.681. The van der Waals surface area contributed by atoms with E-state index in [1.54, 1.807) is 0 Å². The molecule has 0 aliphatic heterocycles. The van der Waals surface area contributed by atoms with Gasteiger partial charge in [0.2, 0.25) is 0 Å². The van der Waals surface area contributed by atoms with Gasteiger partial charge >= 0.3 is 0 Å². The van der Waals surface area contributed by atoms with Gasteiger partial charge in [-0.3, -0.25) is 0 Å². The number of rotatable bonds is 10. The van der Waals surface area contributed by atoms with Gasteiger partial charge in [0.25, 0.3) is 0 Å². The van der Waals surface area contributed by atoms with Crippen LogP contribution >= 0.6 is 0 Å². The molecule has 1 aromatic carbocycles. The van der Waals surface area contributed by atoms with E-state index >= 15 is 0 Å². The van der Waals surface area contributed by atoms with E-state index in [4.69, 9.17) is 11.1 Å². The second-order valence-corrected chi connectivity index (χ2v) is 6.42. The SMILES string of the molecule is C=C(/C=C\C=C(/C)c1ccc(C(CCC)CCC)cc1)/C(N)=C/C=N. The van der Waals surface area contributed by atoms with E-state index < -0.39 is 0 Å². The van der Waals surface area contributed by atoms with Gasteiger partial charge in [-0.15, -0.1) is 0 Å². The number of nitrogens with two attached hydrogens (primary N) is 1. The lowest BCUT2D eigenvalue weighted by Crippen LogP contribution is -1.98. The zero-order chi connectivity index (χ0) is 18.7. The monoisotopic (exact) mass is 336 g/mol. The first-order valence-electron chi connectivity index (χ1n) is 9.14. The Balaban J connectivity index is 2.82. The number of hydrogen-bond acceptors (Lipinski definition) is 2. The van der Waals surface area contributed by atoms with Crippen LogP contribution in [0.5, 0.6) is 0 Å². The highest BCUT2D eigenvalue weighted by Crippen LogP contribution is 2.27. The van der Waals surface area contributed by atoms with Crippen molar-refractivity contribution in [3.05, 3.63) is 77.5 Å². The van der Waals surface area contributed by atoms with E-state index in [1.165, 1.54) is 54.7 Å². The molecule has 0 aromatic heterocycles. The Hall–Kier alpha value is -2.35. The highest BCUT2D eigenvalue weighted by Gasteiger charge is 2.09. The third-order valence-corrected chi connectivity index (χ3v) is 4.39. The first kappa shape index (κ1) is 20.7. The summed E-state index contributed by atoms with van der Waals surface area (Å²) in [6.07, 6.45) is 13.6. The van der Waals surface area contributed by atoms with Crippen molar-refractivity contribution >= 4 is 11.8 Å². The van der Waals surface area contributed by atoms with Crippen LogP contribution < -0.4 is 5.73 Å². The normalized spacial score (nSPS) is 12.8. The molecule has 0 aliphatic rings. The lowest BCUT2D eigenvalue weighted by Gasteiger charge is -2.16. The summed E-state index contributed by atoms with van der Waals surface area (Å²) < 4.78 is 0. The summed E-state index contributed by atoms with van der Waals surface area (Å²) in [6.45, 7) is 10.5. The maximum absolute atomic E-state index is 7.03. The summed E-state index contributed by atoms with van der Waals surface area (Å²) in [5, 5.41) is 7.03. The van der Waals surface area contributed by atoms with Crippen molar-refractivity contribution in [1.82, 2.24) is 0 Å². The Morgan fingerprint density at radius 3 is 2.24 bits per heavy atom. The van der Waals surface area contributed by atoms with Crippen LogP contribution in [-0.4, -0.2) is 6.21 Å². The van der Waals surface area contributed by atoms with Crippen molar-refractivity contribution in [3.8, 4) is 0 Å². The molecule has 1 aromatic rings. The summed E-state index contributed by atoms with van der Waals surface area (Å²) in [7, 11) is 0. The highest BCUT2D eigenvalue weighted by molar-refractivity contribution is 5.71. The maximum atomic E-state index is 7.03. The summed E-state index contributed by atoms with van der Waals surface area (Å²) in [5.41, 5.74) is 10.9. The van der Waals surface area contributed by atoms with Gasteiger partial charge in [0.05, 0.1) is 0 Å². The van der Waals surface area contributed by atoms with E-state index in [9.17, 15) is 0 Å². The van der Waals surface area contributed by atoms with Crippen molar-refractivity contribution in [2.45, 2.75) is 52.4 Å². The molecule has 0 amide bonds. The standard InChI is InChI=1S/C23H32N2/c1-5-8-21(9-6-2)22-14-12-20(13-15-22)18(3)10-7-11-19(4)23(25)16-17-24/h7,10-17,21,24H,4-6,8-9,25H2,1-3H3/b11-7-,18-10+,23-16-,24-17?. The zero-order valence-corrected chi connectivity index (χ0v) is 15.9. The second-order valence-electron chi connectivity index (χ2n) is 6.42. The molecule has 3 N–H and O–H groups in total. The molecule has 0 atom stereocenters. The van der Waals surface area contributed by atoms with Crippen LogP contribution in [0.15, 0.2) is 66.4 Å². The Bertz CT molecular complexity index is 639. The summed E-state index contributed by atoms with van der Waals surface area (Å²) in [4.78, 5) is 0. The minimum atomic E-state index is 0.513. The maximum Gasteiger partial charge on any atom is 0.0396 e. The van der Waals surface area contributed by atoms with Gasteiger partial charge in [-0.2, -0.15) is 0 Å². The van der Waals surface area contributed by atoms with Gasteiger partial charge in [0.15, 0.2) is 0 Å². The molecule has 0 radical (unpaired) electrons. The van der Waals surface area contributed by atoms with Crippen LogP contribution in [0.4, 0.5) is 0 Å². The first-order valence-corrected chi connectivity index (χ1v) is 9.14. The lowest BCUT2D eigenvalue weighted by atomic mass is 9.89. The van der Waals surface area contributed by atoms with Crippen molar-refractivity contribution in [2.75, 3.05) is 0 Å². The average molecular weight is 337 g/mol. The van der Waals surface area contributed by atoms with E-state index in [0.717, 1.165) is 0 Å². The molecule has 0 bridgehead atoms. The van der Waals surface area contributed by atoms with Crippen LogP contribution in [0.3, 0.4) is 0 Å². The topological polar surface area (TPSA) is 49.9 Å². The third-order valence-electron chi connectivity index (χ3n) is 4.39. The quantitative estimate of drug-likeness (QED) is 0.378. The van der Waals surface area contributed by atoms with Gasteiger partial charge in [-0.25, -0.2) is 0 Å². The molecule has 2 heteroatoms. The van der Waals surface area contributed by atoms with Crippen LogP contribution in [0.2, 0.25) is 0 Å². The fourth-order valence-electron chi connectivity index (χ4n) is 2.89. The van der Waals surface area contributed by atoms with Crippen LogP contribution in [0.25, 0.3) is 5.57 Å². The highest BCUT2D eigenvalue weighted by atomic mass is 14.6. The summed E-state index contributed by atoms with van der Waals surface area (Å²) >= 11 is 0. The van der Waals surface area contributed by atoms with Crippen molar-refractivity contribution < 1.29 is 0 Å². The number of benzene rings is 1. The van der Waals surface area contributed by atoms with Crippen molar-refractivity contribution in [2.24, 2.45) is 5.73 Å². The summed E-state index contributed by atoms with van der Waals surface area (Å²) in [6, 6.07) is 8.98. The molecule has 0 aliphatic carbocycles. The zero-order valence-electron chi connectivity index (χ0n) is 15.9. The Morgan fingerprint density at radius 2 is 1.72 bits per heavy atom. The van der Waals surface area contributed by atoms with E-state index in [2.05, 4.69) is 57.7 Å². The predicted octanol–water partition coefficient (Wildman–Crippen LogP) is 6.38. The molecular weight excluding hydrogens is 304 g/mol. The second kappa shape index (κ2) is 11.2. The molecule has 0 saturated carbocycles. The lowest BCUT2D eigenvalue weighted by molar-refractivity contribution is 0.561. The van der Waals surface area contributed by atoms with Crippen LogP contribution in [0, 0.1) is 5.41 Å². The van der Waals surface area contributed by atoms with Gasteiger partial charge in [0.1, 0.15) is 0 Å². The van der Waals surface area contributed by atoms with Crippen molar-refractivity contribution in [1.29, 1.82) is 5.41 Å². The van der Waals surface area contributed by atoms with E-state index in [-0.39, 0.29) is 0 Å². The molecule has 2 nitrogen and oxygen atoms in total. The predicted molar refractivity (Wildman–Crippen MR) is 112 cm³/mol. The Labute approximate surface area is 153 Å². The molecule has 134 valence electrons. The van der Waals surface area contributed by atoms with Crippen molar-refractivity contribution in [3.63, 3.8) is 0 Å².